The summed E-state index contributed by atoms with van der Waals surface area (Å²) in [4.78, 5) is 13.1. The number of aliphatic hydroxyl groups excluding tert-OH is 5. The summed E-state index contributed by atoms with van der Waals surface area (Å²) in [6, 6.07) is -0.837. The highest BCUT2D eigenvalue weighted by Gasteiger charge is 2.44. The molecule has 1 fully saturated rings. The first-order chi connectivity index (χ1) is 36.3. The fourth-order valence-corrected chi connectivity index (χ4v) is 9.10. The highest BCUT2D eigenvalue weighted by atomic mass is 16.7. The topological polar surface area (TPSA) is 149 Å². The normalized spacial score (nSPS) is 19.7. The smallest absolute Gasteiger partial charge is 0.220 e. The van der Waals surface area contributed by atoms with Crippen LogP contribution in [0.3, 0.4) is 0 Å². The summed E-state index contributed by atoms with van der Waals surface area (Å²) in [7, 11) is 0. The summed E-state index contributed by atoms with van der Waals surface area (Å²) < 4.78 is 11.3. The Morgan fingerprint density at radius 3 is 1.30 bits per heavy atom. The average Bonchev–Trinajstić information content (AvgIpc) is 3.40. The lowest BCUT2D eigenvalue weighted by Crippen LogP contribution is -2.60. The number of allylic oxidation sites excluding steroid dienone is 15. The Bertz CT molecular complexity index is 1480. The van der Waals surface area contributed by atoms with Gasteiger partial charge in [0.1, 0.15) is 24.4 Å². The summed E-state index contributed by atoms with van der Waals surface area (Å²) in [5.41, 5.74) is 0. The Morgan fingerprint density at radius 2 is 0.851 bits per heavy atom. The lowest BCUT2D eigenvalue weighted by molar-refractivity contribution is -0.302. The van der Waals surface area contributed by atoms with Gasteiger partial charge in [-0.1, -0.05) is 252 Å². The van der Waals surface area contributed by atoms with E-state index in [2.05, 4.69) is 104 Å². The Labute approximate surface area is 453 Å². The van der Waals surface area contributed by atoms with Crippen molar-refractivity contribution in [2.24, 2.45) is 0 Å². The third-order valence-corrected chi connectivity index (χ3v) is 13.9. The molecule has 1 heterocycles. The van der Waals surface area contributed by atoms with E-state index in [0.29, 0.717) is 6.42 Å². The highest BCUT2D eigenvalue weighted by Crippen LogP contribution is 2.23. The molecule has 6 N–H and O–H groups in total. The number of nitrogens with one attached hydrogen (secondary N) is 1. The van der Waals surface area contributed by atoms with E-state index >= 15 is 0 Å². The maximum atomic E-state index is 13.1. The quantitative estimate of drug-likeness (QED) is 0.0261. The SMILES string of the molecule is CC/C=C\C/C=C\C/C=C\C/C=C\C/C=C\CCCCCCCCCCCCCC(=O)NC(COC1OC(CO)C(O)C(O)C1O)C(O)/C=C/CC/C=C/CC/C=C/CCCCCCCCCCCCCCCC. The van der Waals surface area contributed by atoms with Gasteiger partial charge < -0.3 is 40.3 Å². The van der Waals surface area contributed by atoms with Crippen LogP contribution in [-0.4, -0.2) is 87.5 Å². The minimum atomic E-state index is -1.58. The third kappa shape index (κ3) is 42.2. The molecule has 1 rings (SSSR count). The molecule has 0 radical (unpaired) electrons. The van der Waals surface area contributed by atoms with Gasteiger partial charge in [0.15, 0.2) is 6.29 Å². The van der Waals surface area contributed by atoms with Crippen molar-refractivity contribution in [3.05, 3.63) is 97.2 Å². The molecular weight excluding hydrogens is 923 g/mol. The summed E-state index contributed by atoms with van der Waals surface area (Å²) in [6.45, 7) is 3.65. The number of hydrogen-bond acceptors (Lipinski definition) is 8. The van der Waals surface area contributed by atoms with Crippen molar-refractivity contribution < 1.29 is 39.8 Å². The van der Waals surface area contributed by atoms with Gasteiger partial charge in [-0.15, -0.1) is 0 Å². The molecule has 0 aromatic rings. The summed E-state index contributed by atoms with van der Waals surface area (Å²) in [5.74, 6) is -0.197. The van der Waals surface area contributed by atoms with Crippen molar-refractivity contribution in [1.29, 1.82) is 0 Å². The van der Waals surface area contributed by atoms with E-state index < -0.39 is 49.5 Å². The van der Waals surface area contributed by atoms with Crippen molar-refractivity contribution in [2.75, 3.05) is 13.2 Å². The molecule has 7 unspecified atom stereocenters. The van der Waals surface area contributed by atoms with Gasteiger partial charge >= 0.3 is 0 Å². The number of carbonyl (C=O) groups is 1. The lowest BCUT2D eigenvalue weighted by atomic mass is 9.99. The molecule has 0 saturated carbocycles. The van der Waals surface area contributed by atoms with Crippen LogP contribution in [-0.2, 0) is 14.3 Å². The van der Waals surface area contributed by atoms with Crippen LogP contribution in [0.4, 0.5) is 0 Å². The molecule has 1 saturated heterocycles. The number of aliphatic hydroxyl groups is 5. The van der Waals surface area contributed by atoms with E-state index in [-0.39, 0.29) is 12.5 Å². The first-order valence-electron chi connectivity index (χ1n) is 30.5. The number of ether oxygens (including phenoxy) is 2. The molecule has 74 heavy (non-hydrogen) atoms. The second-order valence-corrected chi connectivity index (χ2v) is 20.7. The number of hydrogen-bond donors (Lipinski definition) is 6. The van der Waals surface area contributed by atoms with Crippen LogP contribution in [0.15, 0.2) is 97.2 Å². The van der Waals surface area contributed by atoms with Crippen molar-refractivity contribution in [1.82, 2.24) is 5.32 Å². The molecule has 0 aromatic carbocycles. The maximum absolute atomic E-state index is 13.1. The van der Waals surface area contributed by atoms with Gasteiger partial charge in [-0.25, -0.2) is 0 Å². The fourth-order valence-electron chi connectivity index (χ4n) is 9.10. The minimum absolute atomic E-state index is 0.197. The molecule has 7 atom stereocenters. The van der Waals surface area contributed by atoms with Gasteiger partial charge in [0.05, 0.1) is 25.4 Å². The Kier molecular flexibility index (Phi) is 50.0. The van der Waals surface area contributed by atoms with E-state index in [1.165, 1.54) is 141 Å². The minimum Gasteiger partial charge on any atom is -0.394 e. The molecule has 1 aliphatic heterocycles. The first-order valence-corrected chi connectivity index (χ1v) is 30.5. The Morgan fingerprint density at radius 1 is 0.473 bits per heavy atom. The highest BCUT2D eigenvalue weighted by molar-refractivity contribution is 5.76. The van der Waals surface area contributed by atoms with Crippen LogP contribution < -0.4 is 5.32 Å². The summed E-state index contributed by atoms with van der Waals surface area (Å²) >= 11 is 0. The van der Waals surface area contributed by atoms with E-state index in [9.17, 15) is 30.3 Å². The van der Waals surface area contributed by atoms with E-state index in [4.69, 9.17) is 9.47 Å². The van der Waals surface area contributed by atoms with Gasteiger partial charge in [0.2, 0.25) is 5.91 Å². The number of rotatable bonds is 51. The molecule has 0 spiro atoms. The molecule has 0 aromatic heterocycles. The second-order valence-electron chi connectivity index (χ2n) is 20.7. The van der Waals surface area contributed by atoms with Gasteiger partial charge in [0, 0.05) is 6.42 Å². The van der Waals surface area contributed by atoms with Gasteiger partial charge in [-0.05, 0) is 89.9 Å². The molecule has 1 aliphatic rings. The fraction of sp³-hybridized carbons (Fsp3) is 0.738. The van der Waals surface area contributed by atoms with Crippen molar-refractivity contribution >= 4 is 5.91 Å². The van der Waals surface area contributed by atoms with Crippen molar-refractivity contribution in [3.63, 3.8) is 0 Å². The maximum Gasteiger partial charge on any atom is 0.220 e. The first kappa shape index (κ1) is 69.1. The molecule has 426 valence electrons. The molecule has 9 nitrogen and oxygen atoms in total. The Hall–Kier alpha value is -2.89. The molecule has 0 bridgehead atoms. The third-order valence-electron chi connectivity index (χ3n) is 13.9. The predicted molar refractivity (Wildman–Crippen MR) is 313 cm³/mol. The second kappa shape index (κ2) is 53.5. The van der Waals surface area contributed by atoms with Gasteiger partial charge in [-0.2, -0.15) is 0 Å². The van der Waals surface area contributed by atoms with Crippen molar-refractivity contribution in [3.8, 4) is 0 Å². The zero-order valence-electron chi connectivity index (χ0n) is 47.3. The van der Waals surface area contributed by atoms with Crippen molar-refractivity contribution in [2.45, 2.75) is 294 Å². The van der Waals surface area contributed by atoms with Crippen LogP contribution >= 0.6 is 0 Å². The standard InChI is InChI=1S/C65H113NO8/c1-3-5-7-9-11-13-15-17-19-21-23-25-27-29-30-31-33-35-37-39-41-43-45-47-49-51-53-55-61(69)66-58(57-73-65-64(72)63(71)62(70)60(56-67)74-65)59(68)54-52-50-48-46-44-42-40-38-36-34-32-28-26-24-22-20-18-16-14-12-10-8-6-4-2/h5,7,11,13,17,19,23,25,29-30,36,38,44,46,52,54,58-60,62-65,67-68,70-72H,3-4,6,8-10,12,14-16,18,20-22,24,26-28,31-35,37,39-43,45,47-51,53,55-57H2,1-2H3,(H,66,69)/b7-5-,13-11-,19-17-,25-23-,30-29-,38-36+,46-44+,54-52+. The van der Waals surface area contributed by atoms with Gasteiger partial charge in [-0.3, -0.25) is 4.79 Å². The molecule has 1 amide bonds. The zero-order valence-corrected chi connectivity index (χ0v) is 47.3. The van der Waals surface area contributed by atoms with Crippen LogP contribution in [0.25, 0.3) is 0 Å². The number of unbranched alkanes of at least 4 members (excludes halogenated alkanes) is 27. The summed E-state index contributed by atoms with van der Waals surface area (Å²) in [5, 5.41) is 54.6. The van der Waals surface area contributed by atoms with E-state index in [0.717, 1.165) is 89.9 Å². The van der Waals surface area contributed by atoms with E-state index in [1.807, 2.05) is 6.08 Å². The van der Waals surface area contributed by atoms with E-state index in [1.54, 1.807) is 6.08 Å². The van der Waals surface area contributed by atoms with Crippen LogP contribution in [0.2, 0.25) is 0 Å². The number of amides is 1. The van der Waals surface area contributed by atoms with Gasteiger partial charge in [0.25, 0.3) is 0 Å². The zero-order chi connectivity index (χ0) is 53.6. The predicted octanol–water partition coefficient (Wildman–Crippen LogP) is 15.6. The molecular formula is C65H113NO8. The lowest BCUT2D eigenvalue weighted by Gasteiger charge is -2.40. The number of carbonyl (C=O) groups excluding carboxylic acids is 1. The molecule has 9 heteroatoms. The van der Waals surface area contributed by atoms with Crippen LogP contribution in [0.5, 0.6) is 0 Å². The monoisotopic (exact) mass is 1040 g/mol. The van der Waals surface area contributed by atoms with Crippen LogP contribution in [0, 0.1) is 0 Å². The Balaban J connectivity index is 2.25. The largest absolute Gasteiger partial charge is 0.394 e. The summed E-state index contributed by atoms with van der Waals surface area (Å²) in [6.07, 6.45) is 70.5. The molecule has 0 aliphatic carbocycles. The van der Waals surface area contributed by atoms with Crippen LogP contribution in [0.1, 0.15) is 251 Å². The average molecular weight is 1040 g/mol.